The van der Waals surface area contributed by atoms with Gasteiger partial charge in [-0.1, -0.05) is 32.9 Å². The molecule has 1 N–H and O–H groups in total. The zero-order valence-electron chi connectivity index (χ0n) is 12.0. The largest absolute Gasteiger partial charge is 0.435 e. The van der Waals surface area contributed by atoms with Crippen LogP contribution < -0.4 is 10.1 Å². The Morgan fingerprint density at radius 3 is 2.42 bits per heavy atom. The monoisotopic (exact) mass is 271 g/mol. The molecule has 0 amide bonds. The van der Waals surface area contributed by atoms with Crippen LogP contribution in [0.15, 0.2) is 24.3 Å². The van der Waals surface area contributed by atoms with Crippen molar-refractivity contribution in [1.82, 2.24) is 5.32 Å². The number of nitrogens with one attached hydrogen (secondary N) is 1. The number of hydrogen-bond acceptors (Lipinski definition) is 2. The maximum absolute atomic E-state index is 12.2. The van der Waals surface area contributed by atoms with Crippen molar-refractivity contribution < 1.29 is 13.5 Å². The molecule has 1 aromatic rings. The summed E-state index contributed by atoms with van der Waals surface area (Å²) in [6.45, 7) is 6.72. The molecule has 0 aliphatic heterocycles. The van der Waals surface area contributed by atoms with Crippen LogP contribution >= 0.6 is 0 Å². The van der Waals surface area contributed by atoms with E-state index < -0.39 is 6.61 Å². The van der Waals surface area contributed by atoms with Gasteiger partial charge < -0.3 is 10.1 Å². The smallest absolute Gasteiger partial charge is 0.387 e. The molecule has 0 saturated heterocycles. The second kappa shape index (κ2) is 7.43. The molecule has 0 spiro atoms. The minimum absolute atomic E-state index is 0.113. The molecule has 0 saturated carbocycles. The molecule has 2 atom stereocenters. The minimum Gasteiger partial charge on any atom is -0.435 e. The lowest BCUT2D eigenvalue weighted by Gasteiger charge is -2.20. The summed E-state index contributed by atoms with van der Waals surface area (Å²) >= 11 is 0. The van der Waals surface area contributed by atoms with E-state index in [9.17, 15) is 8.78 Å². The Bertz CT molecular complexity index is 382. The van der Waals surface area contributed by atoms with Crippen molar-refractivity contribution in [1.29, 1.82) is 0 Å². The van der Waals surface area contributed by atoms with E-state index in [1.165, 1.54) is 0 Å². The SMILES string of the molecule is CC(NCC(C)C(C)C)c1cccc(OC(F)F)c1. The van der Waals surface area contributed by atoms with E-state index in [0.717, 1.165) is 12.1 Å². The predicted molar refractivity (Wildman–Crippen MR) is 73.5 cm³/mol. The van der Waals surface area contributed by atoms with Crippen molar-refractivity contribution >= 4 is 0 Å². The predicted octanol–water partition coefficient (Wildman–Crippen LogP) is 4.23. The summed E-state index contributed by atoms with van der Waals surface area (Å²) < 4.78 is 28.7. The van der Waals surface area contributed by atoms with E-state index in [2.05, 4.69) is 30.8 Å². The summed E-state index contributed by atoms with van der Waals surface area (Å²) in [5.74, 6) is 1.40. The average Bonchev–Trinajstić information content (AvgIpc) is 2.34. The molecule has 2 unspecified atom stereocenters. The van der Waals surface area contributed by atoms with E-state index in [-0.39, 0.29) is 11.8 Å². The van der Waals surface area contributed by atoms with Crippen LogP contribution in [0.3, 0.4) is 0 Å². The van der Waals surface area contributed by atoms with Gasteiger partial charge in [0.25, 0.3) is 0 Å². The first-order valence-electron chi connectivity index (χ1n) is 6.68. The molecule has 0 bridgehead atoms. The molecule has 1 rings (SSSR count). The minimum atomic E-state index is -2.78. The first-order valence-corrected chi connectivity index (χ1v) is 6.68. The Kier molecular flexibility index (Phi) is 6.22. The Balaban J connectivity index is 2.59. The zero-order chi connectivity index (χ0) is 14.4. The summed E-state index contributed by atoms with van der Waals surface area (Å²) in [7, 11) is 0. The number of halogens is 2. The summed E-state index contributed by atoms with van der Waals surface area (Å²) in [5.41, 5.74) is 0.953. The first kappa shape index (κ1) is 15.9. The number of benzene rings is 1. The molecular weight excluding hydrogens is 248 g/mol. The Morgan fingerprint density at radius 1 is 1.16 bits per heavy atom. The molecular formula is C15H23F2NO. The Labute approximate surface area is 114 Å². The van der Waals surface area contributed by atoms with Crippen molar-refractivity contribution in [3.05, 3.63) is 29.8 Å². The van der Waals surface area contributed by atoms with E-state index in [4.69, 9.17) is 0 Å². The van der Waals surface area contributed by atoms with Gasteiger partial charge in [0, 0.05) is 6.04 Å². The van der Waals surface area contributed by atoms with Crippen LogP contribution in [0.1, 0.15) is 39.3 Å². The van der Waals surface area contributed by atoms with Gasteiger partial charge in [-0.05, 0) is 43.0 Å². The third kappa shape index (κ3) is 5.55. The van der Waals surface area contributed by atoms with Crippen LogP contribution in [0.5, 0.6) is 5.75 Å². The number of hydrogen-bond donors (Lipinski definition) is 1. The van der Waals surface area contributed by atoms with Gasteiger partial charge in [0.05, 0.1) is 0 Å². The fraction of sp³-hybridized carbons (Fsp3) is 0.600. The fourth-order valence-electron chi connectivity index (χ4n) is 1.68. The first-order chi connectivity index (χ1) is 8.90. The number of alkyl halides is 2. The highest BCUT2D eigenvalue weighted by molar-refractivity contribution is 5.30. The van der Waals surface area contributed by atoms with Gasteiger partial charge in [0.15, 0.2) is 0 Å². The average molecular weight is 271 g/mol. The Morgan fingerprint density at radius 2 is 1.84 bits per heavy atom. The van der Waals surface area contributed by atoms with Gasteiger partial charge in [-0.25, -0.2) is 0 Å². The van der Waals surface area contributed by atoms with Crippen LogP contribution in [-0.4, -0.2) is 13.2 Å². The molecule has 0 aliphatic rings. The number of rotatable bonds is 7. The molecule has 19 heavy (non-hydrogen) atoms. The third-order valence-corrected chi connectivity index (χ3v) is 3.47. The maximum atomic E-state index is 12.2. The van der Waals surface area contributed by atoms with E-state index in [1.807, 2.05) is 13.0 Å². The van der Waals surface area contributed by atoms with Gasteiger partial charge in [-0.2, -0.15) is 8.78 Å². The lowest BCUT2D eigenvalue weighted by molar-refractivity contribution is -0.0499. The molecule has 108 valence electrons. The lowest BCUT2D eigenvalue weighted by atomic mass is 9.97. The van der Waals surface area contributed by atoms with Crippen LogP contribution in [-0.2, 0) is 0 Å². The molecule has 1 aromatic carbocycles. The van der Waals surface area contributed by atoms with Gasteiger partial charge in [-0.15, -0.1) is 0 Å². The third-order valence-electron chi connectivity index (χ3n) is 3.47. The maximum Gasteiger partial charge on any atom is 0.387 e. The van der Waals surface area contributed by atoms with Crippen molar-refractivity contribution in [3.63, 3.8) is 0 Å². The van der Waals surface area contributed by atoms with Crippen molar-refractivity contribution in [2.75, 3.05) is 6.54 Å². The van der Waals surface area contributed by atoms with Crippen molar-refractivity contribution in [3.8, 4) is 5.75 Å². The topological polar surface area (TPSA) is 21.3 Å². The second-order valence-electron chi connectivity index (χ2n) is 5.30. The number of ether oxygens (including phenoxy) is 1. The van der Waals surface area contributed by atoms with Crippen LogP contribution in [0.25, 0.3) is 0 Å². The van der Waals surface area contributed by atoms with Gasteiger partial charge >= 0.3 is 6.61 Å². The zero-order valence-corrected chi connectivity index (χ0v) is 12.0. The second-order valence-corrected chi connectivity index (χ2v) is 5.30. The summed E-state index contributed by atoms with van der Waals surface area (Å²) in [5, 5.41) is 3.42. The molecule has 2 nitrogen and oxygen atoms in total. The summed E-state index contributed by atoms with van der Waals surface area (Å²) in [4.78, 5) is 0. The van der Waals surface area contributed by atoms with Crippen molar-refractivity contribution in [2.45, 2.75) is 40.3 Å². The van der Waals surface area contributed by atoms with Gasteiger partial charge in [0.2, 0.25) is 0 Å². The standard InChI is InChI=1S/C15H23F2NO/c1-10(2)11(3)9-18-12(4)13-6-5-7-14(8-13)19-15(16)17/h5-8,10-12,15,18H,9H2,1-4H3. The summed E-state index contributed by atoms with van der Waals surface area (Å²) in [6, 6.07) is 6.96. The Hall–Kier alpha value is -1.16. The van der Waals surface area contributed by atoms with E-state index in [1.54, 1.807) is 18.2 Å². The quantitative estimate of drug-likeness (QED) is 0.801. The normalized spacial score (nSPS) is 14.7. The highest BCUT2D eigenvalue weighted by Crippen LogP contribution is 2.21. The van der Waals surface area contributed by atoms with Crippen molar-refractivity contribution in [2.24, 2.45) is 11.8 Å². The van der Waals surface area contributed by atoms with Gasteiger partial charge in [-0.3, -0.25) is 0 Å². The highest BCUT2D eigenvalue weighted by Gasteiger charge is 2.11. The summed E-state index contributed by atoms with van der Waals surface area (Å²) in [6.07, 6.45) is 0. The van der Waals surface area contributed by atoms with Crippen LogP contribution in [0.4, 0.5) is 8.78 Å². The lowest BCUT2D eigenvalue weighted by Crippen LogP contribution is -2.26. The highest BCUT2D eigenvalue weighted by atomic mass is 19.3. The van der Waals surface area contributed by atoms with Crippen LogP contribution in [0, 0.1) is 11.8 Å². The molecule has 0 heterocycles. The molecule has 0 radical (unpaired) electrons. The molecule has 0 aliphatic carbocycles. The van der Waals surface area contributed by atoms with E-state index in [0.29, 0.717) is 11.8 Å². The van der Waals surface area contributed by atoms with Gasteiger partial charge in [0.1, 0.15) is 5.75 Å². The van der Waals surface area contributed by atoms with E-state index >= 15 is 0 Å². The molecule has 0 fully saturated rings. The molecule has 0 aromatic heterocycles. The van der Waals surface area contributed by atoms with Crippen LogP contribution in [0.2, 0.25) is 0 Å². The molecule has 4 heteroatoms. The fourth-order valence-corrected chi connectivity index (χ4v) is 1.68.